The molecule has 1 aliphatic heterocycles. The lowest BCUT2D eigenvalue weighted by Crippen LogP contribution is -2.64. The summed E-state index contributed by atoms with van der Waals surface area (Å²) < 4.78 is 40.1. The molecule has 190 valence electrons. The Morgan fingerprint density at radius 2 is 1.83 bits per heavy atom. The average molecular weight is 498 g/mol. The van der Waals surface area contributed by atoms with Crippen molar-refractivity contribution in [2.45, 2.75) is 64.3 Å². The van der Waals surface area contributed by atoms with Crippen molar-refractivity contribution >= 4 is 28.1 Å². The van der Waals surface area contributed by atoms with Crippen LogP contribution in [0.5, 0.6) is 0 Å². The maximum Gasteiger partial charge on any atom is 0.416 e. The monoisotopic (exact) mass is 497 g/mol. The quantitative estimate of drug-likeness (QED) is 0.432. The summed E-state index contributed by atoms with van der Waals surface area (Å²) in [5.41, 5.74) is 10.5. The molecule has 0 radical (unpaired) electrons. The molecular weight excluding hydrogens is 467 g/mol. The number of aliphatic hydroxyl groups is 1. The van der Waals surface area contributed by atoms with Gasteiger partial charge in [-0.05, 0) is 86.9 Å². The predicted octanol–water partition coefficient (Wildman–Crippen LogP) is 5.16. The summed E-state index contributed by atoms with van der Waals surface area (Å²) in [5.74, 6) is 1.24. The number of hydrogen-bond acceptors (Lipinski definition) is 6. The first-order valence-corrected chi connectivity index (χ1v) is 12.5. The smallest absolute Gasteiger partial charge is 0.399 e. The van der Waals surface area contributed by atoms with Crippen molar-refractivity contribution in [3.05, 3.63) is 52.3 Å². The van der Waals surface area contributed by atoms with E-state index in [0.29, 0.717) is 17.2 Å². The van der Waals surface area contributed by atoms with Gasteiger partial charge >= 0.3 is 6.18 Å². The van der Waals surface area contributed by atoms with Gasteiger partial charge in [-0.2, -0.15) is 13.2 Å². The molecule has 1 aromatic heterocycles. The minimum atomic E-state index is -4.47. The first-order chi connectivity index (χ1) is 17.0. The van der Waals surface area contributed by atoms with Crippen LogP contribution in [0.4, 0.5) is 30.4 Å². The molecule has 6 rings (SSSR count). The van der Waals surface area contributed by atoms with Crippen molar-refractivity contribution in [1.82, 2.24) is 9.97 Å². The van der Waals surface area contributed by atoms with Crippen molar-refractivity contribution in [2.24, 2.45) is 5.41 Å². The summed E-state index contributed by atoms with van der Waals surface area (Å²) in [6, 6.07) is 5.36. The number of benzene rings is 2. The van der Waals surface area contributed by atoms with Crippen molar-refractivity contribution in [3.63, 3.8) is 0 Å². The molecule has 1 spiro atoms. The van der Waals surface area contributed by atoms with Crippen LogP contribution >= 0.6 is 0 Å². The zero-order chi connectivity index (χ0) is 25.4. The standard InChI is InChI=1S/C27H30F3N5O/c1-14(16-6-17(27(28,29)30)8-18(31)7-16)32-25-22-9-23(35-12-26(13-35)10-19(36)11-26)20-4-3-5-21(20)24(22)33-15(2)34-25/h6-9,14,19,36H,3-5,10-13,31H2,1-2H3,(H,32,33,34). The van der Waals surface area contributed by atoms with Crippen LogP contribution in [0.1, 0.15) is 60.3 Å². The third kappa shape index (κ3) is 3.84. The number of hydrogen-bond donors (Lipinski definition) is 3. The molecule has 2 heterocycles. The van der Waals surface area contributed by atoms with Gasteiger partial charge in [-0.15, -0.1) is 0 Å². The van der Waals surface area contributed by atoms with Crippen molar-refractivity contribution in [3.8, 4) is 0 Å². The van der Waals surface area contributed by atoms with Gasteiger partial charge in [0.15, 0.2) is 0 Å². The fourth-order valence-electron chi connectivity index (χ4n) is 6.36. The van der Waals surface area contributed by atoms with E-state index in [1.165, 1.54) is 16.8 Å². The van der Waals surface area contributed by atoms with Crippen LogP contribution in [-0.2, 0) is 19.0 Å². The Morgan fingerprint density at radius 3 is 2.53 bits per heavy atom. The van der Waals surface area contributed by atoms with E-state index in [0.717, 1.165) is 68.2 Å². The number of aliphatic hydroxyl groups excluding tert-OH is 1. The number of nitrogens with one attached hydrogen (secondary N) is 1. The van der Waals surface area contributed by atoms with Gasteiger partial charge in [-0.1, -0.05) is 0 Å². The molecule has 9 heteroatoms. The van der Waals surface area contributed by atoms with E-state index in [1.807, 2.05) is 13.8 Å². The summed E-state index contributed by atoms with van der Waals surface area (Å²) in [5, 5.41) is 14.1. The summed E-state index contributed by atoms with van der Waals surface area (Å²) in [6.07, 6.45) is 0.129. The zero-order valence-corrected chi connectivity index (χ0v) is 20.4. The minimum absolute atomic E-state index is 0.0742. The number of fused-ring (bicyclic) bond motifs is 3. The highest BCUT2D eigenvalue weighted by molar-refractivity contribution is 5.96. The Bertz CT molecular complexity index is 1360. The molecule has 0 amide bonds. The number of aryl methyl sites for hydroxylation is 2. The number of halogens is 3. The molecule has 1 unspecified atom stereocenters. The van der Waals surface area contributed by atoms with Crippen LogP contribution < -0.4 is 16.0 Å². The molecule has 6 nitrogen and oxygen atoms in total. The lowest BCUT2D eigenvalue weighted by atomic mass is 9.61. The summed E-state index contributed by atoms with van der Waals surface area (Å²) in [4.78, 5) is 11.9. The van der Waals surface area contributed by atoms with Crippen LogP contribution in [0.2, 0.25) is 0 Å². The van der Waals surface area contributed by atoms with Crippen LogP contribution in [0.15, 0.2) is 24.3 Å². The highest BCUT2D eigenvalue weighted by Crippen LogP contribution is 2.51. The van der Waals surface area contributed by atoms with Gasteiger partial charge in [-0.25, -0.2) is 9.97 Å². The third-order valence-corrected chi connectivity index (χ3v) is 8.04. The van der Waals surface area contributed by atoms with Gasteiger partial charge in [0.05, 0.1) is 23.2 Å². The molecule has 2 aromatic carbocycles. The van der Waals surface area contributed by atoms with Gasteiger partial charge in [0.2, 0.25) is 0 Å². The lowest BCUT2D eigenvalue weighted by Gasteiger charge is -2.59. The molecule has 3 aromatic rings. The Hall–Kier alpha value is -3.07. The molecular formula is C27H30F3N5O. The topological polar surface area (TPSA) is 87.3 Å². The zero-order valence-electron chi connectivity index (χ0n) is 20.4. The molecule has 1 saturated heterocycles. The largest absolute Gasteiger partial charge is 0.416 e. The summed E-state index contributed by atoms with van der Waals surface area (Å²) in [7, 11) is 0. The van der Waals surface area contributed by atoms with E-state index in [9.17, 15) is 18.3 Å². The second-order valence-corrected chi connectivity index (χ2v) is 10.9. The number of rotatable bonds is 4. The predicted molar refractivity (Wildman–Crippen MR) is 134 cm³/mol. The van der Waals surface area contributed by atoms with E-state index in [-0.39, 0.29) is 17.2 Å². The van der Waals surface area contributed by atoms with Gasteiger partial charge in [0, 0.05) is 35.3 Å². The average Bonchev–Trinajstić information content (AvgIpc) is 3.24. The molecule has 0 bridgehead atoms. The maximum absolute atomic E-state index is 13.4. The fourth-order valence-corrected chi connectivity index (χ4v) is 6.36. The second-order valence-electron chi connectivity index (χ2n) is 10.9. The van der Waals surface area contributed by atoms with Crippen molar-refractivity contribution < 1.29 is 18.3 Å². The molecule has 2 aliphatic carbocycles. The number of aromatic nitrogens is 2. The maximum atomic E-state index is 13.4. The Morgan fingerprint density at radius 1 is 1.11 bits per heavy atom. The van der Waals surface area contributed by atoms with Crippen LogP contribution in [0, 0.1) is 12.3 Å². The Labute approximate surface area is 207 Å². The Kier molecular flexibility index (Phi) is 5.16. The molecule has 1 saturated carbocycles. The fraction of sp³-hybridized carbons (Fsp3) is 0.481. The normalized spacial score (nSPS) is 19.8. The number of nitrogens with two attached hydrogens (primary N) is 1. The second kappa shape index (κ2) is 7.96. The number of anilines is 3. The minimum Gasteiger partial charge on any atom is -0.399 e. The van der Waals surface area contributed by atoms with Crippen molar-refractivity contribution in [2.75, 3.05) is 29.0 Å². The van der Waals surface area contributed by atoms with Crippen LogP contribution in [0.25, 0.3) is 10.9 Å². The summed E-state index contributed by atoms with van der Waals surface area (Å²) >= 11 is 0. The molecule has 36 heavy (non-hydrogen) atoms. The van der Waals surface area contributed by atoms with Gasteiger partial charge < -0.3 is 21.1 Å². The van der Waals surface area contributed by atoms with Gasteiger partial charge in [-0.3, -0.25) is 0 Å². The number of alkyl halides is 3. The third-order valence-electron chi connectivity index (χ3n) is 8.04. The lowest BCUT2D eigenvalue weighted by molar-refractivity contribution is -0.137. The molecule has 3 aliphatic rings. The van der Waals surface area contributed by atoms with Crippen molar-refractivity contribution in [1.29, 1.82) is 0 Å². The molecule has 1 atom stereocenters. The highest BCUT2D eigenvalue weighted by Gasteiger charge is 2.52. The van der Waals surface area contributed by atoms with E-state index in [4.69, 9.17) is 10.7 Å². The van der Waals surface area contributed by atoms with E-state index in [1.54, 1.807) is 6.07 Å². The highest BCUT2D eigenvalue weighted by atomic mass is 19.4. The SMILES string of the molecule is Cc1nc(NC(C)c2cc(N)cc(C(F)(F)F)c2)c2cc(N3CC4(CC(O)C4)C3)c3c(c2n1)CCC3. The number of nitrogen functional groups attached to an aromatic ring is 1. The van der Waals surface area contributed by atoms with Gasteiger partial charge in [0.1, 0.15) is 11.6 Å². The Balaban J connectivity index is 1.38. The van der Waals surface area contributed by atoms with Gasteiger partial charge in [0.25, 0.3) is 0 Å². The molecule has 2 fully saturated rings. The van der Waals surface area contributed by atoms with E-state index >= 15 is 0 Å². The molecule has 4 N–H and O–H groups in total. The first-order valence-electron chi connectivity index (χ1n) is 12.5. The summed E-state index contributed by atoms with van der Waals surface area (Å²) in [6.45, 7) is 5.54. The van der Waals surface area contributed by atoms with Crippen LogP contribution in [0.3, 0.4) is 0 Å². The van der Waals surface area contributed by atoms with E-state index < -0.39 is 17.8 Å². The van der Waals surface area contributed by atoms with Crippen LogP contribution in [-0.4, -0.2) is 34.3 Å². The van der Waals surface area contributed by atoms with E-state index in [2.05, 4.69) is 21.3 Å². The number of nitrogens with zero attached hydrogens (tertiary/aromatic N) is 3. The first kappa shape index (κ1) is 23.3.